The average Bonchev–Trinajstić information content (AvgIpc) is 3.54. The van der Waals surface area contributed by atoms with Gasteiger partial charge in [-0.2, -0.15) is 0 Å². The second-order valence-electron chi connectivity index (χ2n) is 10.4. The molecule has 3 heterocycles. The van der Waals surface area contributed by atoms with E-state index in [0.717, 1.165) is 9.78 Å². The molecule has 2 aliphatic carbocycles. The van der Waals surface area contributed by atoms with Gasteiger partial charge in [0, 0.05) is 27.9 Å². The van der Waals surface area contributed by atoms with Gasteiger partial charge in [-0.3, -0.25) is 29.0 Å². The molecule has 1 aromatic heterocycles. The number of benzene rings is 1. The first-order valence-electron chi connectivity index (χ1n) is 12.3. The summed E-state index contributed by atoms with van der Waals surface area (Å²) < 4.78 is 5.90. The summed E-state index contributed by atoms with van der Waals surface area (Å²) in [5.74, 6) is -5.22. The second-order valence-corrected chi connectivity index (χ2v) is 13.6. The Morgan fingerprint density at radius 3 is 2.56 bits per heavy atom. The zero-order valence-corrected chi connectivity index (χ0v) is 24.7. The maximum atomic E-state index is 13.8. The zero-order valence-electron chi connectivity index (χ0n) is 20.8. The number of hydrogen-bond donors (Lipinski definition) is 1. The molecule has 0 radical (unpaired) electrons. The Bertz CT molecular complexity index is 1480. The van der Waals surface area contributed by atoms with E-state index < -0.39 is 45.2 Å². The summed E-state index contributed by atoms with van der Waals surface area (Å²) in [6, 6.07) is 6.90. The van der Waals surface area contributed by atoms with Crippen LogP contribution in [0.1, 0.15) is 29.2 Å². The molecule has 6 atom stereocenters. The van der Waals surface area contributed by atoms with Gasteiger partial charge in [0.2, 0.25) is 11.8 Å². The summed E-state index contributed by atoms with van der Waals surface area (Å²) >= 11 is 19.2. The highest BCUT2D eigenvalue weighted by Gasteiger charge is 2.76. The van der Waals surface area contributed by atoms with E-state index in [1.807, 2.05) is 23.6 Å². The monoisotopic (exact) mass is 652 g/mol. The third-order valence-corrected chi connectivity index (χ3v) is 11.3. The lowest BCUT2D eigenvalue weighted by Crippen LogP contribution is -2.60. The van der Waals surface area contributed by atoms with E-state index in [9.17, 15) is 24.3 Å². The largest absolute Gasteiger partial charge is 0.504 e. The predicted molar refractivity (Wildman–Crippen MR) is 148 cm³/mol. The number of carbonyl (C=O) groups excluding carboxylic acids is 4. The maximum Gasteiger partial charge on any atom is 0.253 e. The van der Waals surface area contributed by atoms with Gasteiger partial charge in [0.25, 0.3) is 11.8 Å². The number of imide groups is 2. The van der Waals surface area contributed by atoms with Crippen LogP contribution in [-0.2, 0) is 25.7 Å². The van der Waals surface area contributed by atoms with Gasteiger partial charge in [-0.25, -0.2) is 0 Å². The van der Waals surface area contributed by atoms with Crippen LogP contribution in [0.15, 0.2) is 45.8 Å². The van der Waals surface area contributed by atoms with E-state index in [1.165, 1.54) is 30.4 Å². The molecule has 0 spiro atoms. The third kappa shape index (κ3) is 3.47. The first-order chi connectivity index (χ1) is 18.5. The van der Waals surface area contributed by atoms with E-state index in [2.05, 4.69) is 15.9 Å². The lowest BCUT2D eigenvalue weighted by molar-refractivity contribution is -0.141. The van der Waals surface area contributed by atoms with Crippen LogP contribution in [0.2, 0.25) is 0 Å². The van der Waals surface area contributed by atoms with Gasteiger partial charge in [-0.1, -0.05) is 33.6 Å². The number of alkyl halides is 2. The molecule has 6 rings (SSSR count). The molecule has 0 bridgehead atoms. The van der Waals surface area contributed by atoms with Crippen molar-refractivity contribution in [2.24, 2.45) is 17.8 Å². The Hall–Kier alpha value is -2.40. The molecule has 2 aromatic rings. The van der Waals surface area contributed by atoms with Gasteiger partial charge >= 0.3 is 0 Å². The molecule has 2 aliphatic heterocycles. The fourth-order valence-electron chi connectivity index (χ4n) is 6.84. The minimum atomic E-state index is -1.98. The van der Waals surface area contributed by atoms with Crippen molar-refractivity contribution in [3.05, 3.63) is 56.2 Å². The topological polar surface area (TPSA) is 104 Å². The van der Waals surface area contributed by atoms with Crippen molar-refractivity contribution in [1.29, 1.82) is 0 Å². The summed E-state index contributed by atoms with van der Waals surface area (Å²) in [7, 11) is 2.72. The van der Waals surface area contributed by atoms with Gasteiger partial charge in [0.1, 0.15) is 0 Å². The SMILES string of the molecule is COc1cc(Br)cc([C@H]2C3=CC[C@@H]4C(=O)N(Cc5cccs5)C(=O)[C@@H]4[C@@H]3C[C@@]3(Cl)C(=O)N(C)C(=O)[C@@]23Cl)c1O. The van der Waals surface area contributed by atoms with Crippen molar-refractivity contribution in [2.75, 3.05) is 14.2 Å². The quantitative estimate of drug-likeness (QED) is 0.298. The molecule has 39 heavy (non-hydrogen) atoms. The zero-order chi connectivity index (χ0) is 28.0. The third-order valence-electron chi connectivity index (χ3n) is 8.60. The van der Waals surface area contributed by atoms with Crippen molar-refractivity contribution in [3.8, 4) is 11.5 Å². The molecule has 1 saturated carbocycles. The number of halogens is 3. The molecular formula is C27H23BrCl2N2O6S. The summed E-state index contributed by atoms with van der Waals surface area (Å²) in [5, 5.41) is 13.1. The molecular weight excluding hydrogens is 631 g/mol. The lowest BCUT2D eigenvalue weighted by atomic mass is 9.56. The second kappa shape index (κ2) is 9.06. The van der Waals surface area contributed by atoms with Gasteiger partial charge in [0.05, 0.1) is 25.5 Å². The summed E-state index contributed by atoms with van der Waals surface area (Å²) in [5.41, 5.74) is 0.841. The van der Waals surface area contributed by atoms with Crippen LogP contribution >= 0.6 is 50.5 Å². The lowest BCUT2D eigenvalue weighted by Gasteiger charge is -2.50. The van der Waals surface area contributed by atoms with Gasteiger partial charge < -0.3 is 9.84 Å². The number of nitrogens with zero attached hydrogens (tertiary/aromatic N) is 2. The Balaban J connectivity index is 1.53. The predicted octanol–water partition coefficient (Wildman–Crippen LogP) is 4.41. The molecule has 8 nitrogen and oxygen atoms in total. The van der Waals surface area contributed by atoms with Crippen LogP contribution in [0.4, 0.5) is 0 Å². The number of likely N-dealkylation sites (tertiary alicyclic amines) is 2. The number of allylic oxidation sites excluding steroid dienone is 2. The minimum Gasteiger partial charge on any atom is -0.504 e. The molecule has 1 aromatic carbocycles. The van der Waals surface area contributed by atoms with Crippen molar-refractivity contribution in [3.63, 3.8) is 0 Å². The van der Waals surface area contributed by atoms with Crippen molar-refractivity contribution < 1.29 is 29.0 Å². The molecule has 4 aliphatic rings. The van der Waals surface area contributed by atoms with Crippen LogP contribution < -0.4 is 4.74 Å². The fraction of sp³-hybridized carbons (Fsp3) is 0.407. The van der Waals surface area contributed by atoms with Crippen LogP contribution in [0, 0.1) is 17.8 Å². The smallest absolute Gasteiger partial charge is 0.253 e. The van der Waals surface area contributed by atoms with E-state index in [-0.39, 0.29) is 48.3 Å². The molecule has 3 fully saturated rings. The number of phenols is 1. The average molecular weight is 654 g/mol. The summed E-state index contributed by atoms with van der Waals surface area (Å²) in [4.78, 5) is 53.7. The Morgan fingerprint density at radius 1 is 1.15 bits per heavy atom. The number of thiophene rings is 1. The number of aromatic hydroxyl groups is 1. The van der Waals surface area contributed by atoms with E-state index in [1.54, 1.807) is 12.1 Å². The summed E-state index contributed by atoms with van der Waals surface area (Å²) in [6.07, 6.45) is 1.98. The number of hydrogen-bond acceptors (Lipinski definition) is 7. The Kier molecular flexibility index (Phi) is 6.22. The van der Waals surface area contributed by atoms with Crippen molar-refractivity contribution in [2.45, 2.75) is 35.1 Å². The number of carbonyl (C=O) groups is 4. The number of phenolic OH excluding ortho intramolecular Hbond substituents is 1. The highest BCUT2D eigenvalue weighted by Crippen LogP contribution is 2.66. The molecule has 2 saturated heterocycles. The summed E-state index contributed by atoms with van der Waals surface area (Å²) in [6.45, 7) is 0.170. The molecule has 204 valence electrons. The molecule has 12 heteroatoms. The first-order valence-corrected chi connectivity index (χ1v) is 14.7. The van der Waals surface area contributed by atoms with Crippen molar-refractivity contribution in [1.82, 2.24) is 9.80 Å². The van der Waals surface area contributed by atoms with Gasteiger partial charge in [0.15, 0.2) is 21.2 Å². The number of rotatable bonds is 4. The standard InChI is InChI=1S/C27H23BrCl2N2O6S/c1-31-24(36)26(29)10-17-14(5-6-15-19(17)23(35)32(22(15)34)11-13-4-3-7-39-13)20(27(26,30)25(31)37)16-8-12(28)9-18(38-2)21(16)33/h3-5,7-9,15,17,19-20,33H,6,10-11H2,1-2H3/t15-,17+,19-,20+,26+,27-/m0/s1. The number of ether oxygens (including phenoxy) is 1. The van der Waals surface area contributed by atoms with Crippen LogP contribution in [0.25, 0.3) is 0 Å². The number of fused-ring (bicyclic) bond motifs is 4. The fourth-order valence-corrected chi connectivity index (χ4v) is 9.00. The molecule has 0 unspecified atom stereocenters. The maximum absolute atomic E-state index is 13.8. The van der Waals surface area contributed by atoms with Gasteiger partial charge in [-0.15, -0.1) is 34.5 Å². The molecule has 4 amide bonds. The number of methoxy groups -OCH3 is 1. The van der Waals surface area contributed by atoms with Crippen molar-refractivity contribution >= 4 is 74.1 Å². The first kappa shape index (κ1) is 26.8. The van der Waals surface area contributed by atoms with E-state index in [0.29, 0.717) is 10.0 Å². The Labute approximate surface area is 246 Å². The molecule has 1 N–H and O–H groups in total. The van der Waals surface area contributed by atoms with Crippen LogP contribution in [0.3, 0.4) is 0 Å². The number of amides is 4. The highest BCUT2D eigenvalue weighted by atomic mass is 79.9. The Morgan fingerprint density at radius 2 is 1.90 bits per heavy atom. The van der Waals surface area contributed by atoms with Crippen LogP contribution in [-0.4, -0.2) is 62.4 Å². The van der Waals surface area contributed by atoms with Crippen LogP contribution in [0.5, 0.6) is 11.5 Å². The normalized spacial score (nSPS) is 33.7. The van der Waals surface area contributed by atoms with E-state index >= 15 is 0 Å². The minimum absolute atomic E-state index is 0.103. The van der Waals surface area contributed by atoms with Gasteiger partial charge in [-0.05, 0) is 42.3 Å². The van der Waals surface area contributed by atoms with E-state index in [4.69, 9.17) is 27.9 Å². The highest BCUT2D eigenvalue weighted by molar-refractivity contribution is 9.10.